The average Bonchev–Trinajstić information content (AvgIpc) is 3.15. The first-order valence-electron chi connectivity index (χ1n) is 9.12. The van der Waals surface area contributed by atoms with Crippen LogP contribution >= 0.6 is 0 Å². The van der Waals surface area contributed by atoms with Gasteiger partial charge in [0.1, 0.15) is 5.52 Å². The van der Waals surface area contributed by atoms with Crippen molar-refractivity contribution in [2.24, 2.45) is 0 Å². The van der Waals surface area contributed by atoms with Crippen molar-refractivity contribution >= 4 is 33.2 Å². The minimum atomic E-state index is -4.63. The third-order valence-electron chi connectivity index (χ3n) is 4.68. The van der Waals surface area contributed by atoms with E-state index in [4.69, 9.17) is 9.90 Å². The van der Waals surface area contributed by atoms with E-state index in [2.05, 4.69) is 10.3 Å². The molecule has 0 spiro atoms. The molecule has 8 nitrogen and oxygen atoms in total. The Morgan fingerprint density at radius 2 is 1.81 bits per heavy atom. The minimum absolute atomic E-state index is 0.250. The molecule has 0 aliphatic carbocycles. The van der Waals surface area contributed by atoms with Gasteiger partial charge in [-0.3, -0.25) is 9.78 Å². The second-order valence-corrected chi connectivity index (χ2v) is 8.37. The molecule has 4 rings (SSSR count). The number of fused-ring (bicyclic) bond motifs is 1. The van der Waals surface area contributed by atoms with Crippen LogP contribution in [0.5, 0.6) is 0 Å². The molecule has 0 bridgehead atoms. The fraction of sp³-hybridized carbons (Fsp3) is 0.263. The topological polar surface area (TPSA) is 105 Å². The van der Waals surface area contributed by atoms with Gasteiger partial charge in [-0.25, -0.2) is 12.4 Å². The molecule has 0 saturated carbocycles. The summed E-state index contributed by atoms with van der Waals surface area (Å²) in [5.41, 5.74) is 0.464. The van der Waals surface area contributed by atoms with Crippen LogP contribution in [-0.4, -0.2) is 55.1 Å². The van der Waals surface area contributed by atoms with E-state index < -0.39 is 26.7 Å². The number of piperazine rings is 1. The lowest BCUT2D eigenvalue weighted by molar-refractivity contribution is -0.137. The third-order valence-corrected chi connectivity index (χ3v) is 6.35. The number of aromatic nitrogens is 2. The molecule has 1 aliphatic heterocycles. The molecule has 3 aromatic rings. The molecule has 2 N–H and O–H groups in total. The van der Waals surface area contributed by atoms with Gasteiger partial charge in [-0.2, -0.15) is 13.2 Å². The van der Waals surface area contributed by atoms with E-state index in [1.54, 1.807) is 18.3 Å². The summed E-state index contributed by atoms with van der Waals surface area (Å²) in [7, 11) is -4.23. The summed E-state index contributed by atoms with van der Waals surface area (Å²) in [5.74, 6) is 0. The fourth-order valence-corrected chi connectivity index (χ4v) is 4.69. The Bertz CT molecular complexity index is 1170. The molecule has 31 heavy (non-hydrogen) atoms. The van der Waals surface area contributed by atoms with Gasteiger partial charge in [0.2, 0.25) is 0 Å². The largest absolute Gasteiger partial charge is 0.483 e. The van der Waals surface area contributed by atoms with Crippen LogP contribution in [-0.2, 0) is 21.0 Å². The second kappa shape index (κ2) is 8.94. The predicted molar refractivity (Wildman–Crippen MR) is 108 cm³/mol. The number of hydrogen-bond acceptors (Lipinski definition) is 6. The molecular formula is C19H19F3N4O4S. The quantitative estimate of drug-likeness (QED) is 0.583. The van der Waals surface area contributed by atoms with Crippen LogP contribution in [0.1, 0.15) is 5.56 Å². The van der Waals surface area contributed by atoms with Crippen molar-refractivity contribution < 1.29 is 31.5 Å². The first-order chi connectivity index (χ1) is 14.7. The number of nitrogens with one attached hydrogen (secondary N) is 1. The van der Waals surface area contributed by atoms with Crippen LogP contribution in [0, 0.1) is 0 Å². The highest BCUT2D eigenvalue weighted by Crippen LogP contribution is 2.33. The van der Waals surface area contributed by atoms with Gasteiger partial charge in [0.05, 0.1) is 21.7 Å². The number of pyridine rings is 1. The van der Waals surface area contributed by atoms with Crippen molar-refractivity contribution in [3.05, 3.63) is 54.4 Å². The van der Waals surface area contributed by atoms with Gasteiger partial charge in [0, 0.05) is 38.6 Å². The number of alkyl halides is 3. The van der Waals surface area contributed by atoms with E-state index in [0.29, 0.717) is 35.9 Å². The Morgan fingerprint density at radius 3 is 2.45 bits per heavy atom. The molecule has 3 heterocycles. The number of halogens is 3. The van der Waals surface area contributed by atoms with Crippen molar-refractivity contribution in [2.45, 2.75) is 11.1 Å². The Labute approximate surface area is 176 Å². The molecule has 1 fully saturated rings. The molecule has 2 aromatic heterocycles. The maximum absolute atomic E-state index is 13.2. The Kier molecular flexibility index (Phi) is 6.51. The Morgan fingerprint density at radius 1 is 1.13 bits per heavy atom. The van der Waals surface area contributed by atoms with E-state index in [1.807, 2.05) is 4.90 Å². The summed E-state index contributed by atoms with van der Waals surface area (Å²) >= 11 is 0. The highest BCUT2D eigenvalue weighted by atomic mass is 32.2. The summed E-state index contributed by atoms with van der Waals surface area (Å²) in [6.07, 6.45) is -1.62. The summed E-state index contributed by atoms with van der Waals surface area (Å²) < 4.78 is 66.4. The molecule has 1 aliphatic rings. The average molecular weight is 456 g/mol. The number of rotatable bonds is 3. The zero-order valence-corrected chi connectivity index (χ0v) is 16.9. The summed E-state index contributed by atoms with van der Waals surface area (Å²) in [4.78, 5) is 14.3. The minimum Gasteiger partial charge on any atom is -0.483 e. The van der Waals surface area contributed by atoms with Crippen LogP contribution in [0.2, 0.25) is 0 Å². The van der Waals surface area contributed by atoms with E-state index in [1.165, 1.54) is 6.20 Å². The van der Waals surface area contributed by atoms with Gasteiger partial charge >= 0.3 is 6.18 Å². The lowest BCUT2D eigenvalue weighted by atomic mass is 10.2. The summed E-state index contributed by atoms with van der Waals surface area (Å²) in [6.45, 7) is 2.61. The number of benzene rings is 1. The fourth-order valence-electron chi connectivity index (χ4n) is 3.30. The van der Waals surface area contributed by atoms with Crippen molar-refractivity contribution in [3.8, 4) is 0 Å². The molecule has 1 aromatic carbocycles. The predicted octanol–water partition coefficient (Wildman–Crippen LogP) is 2.40. The smallest absolute Gasteiger partial charge is 0.416 e. The number of hydrogen-bond donors (Lipinski definition) is 2. The molecule has 0 unspecified atom stereocenters. The highest BCUT2D eigenvalue weighted by molar-refractivity contribution is 7.90. The van der Waals surface area contributed by atoms with E-state index in [0.717, 1.165) is 35.3 Å². The maximum atomic E-state index is 13.2. The van der Waals surface area contributed by atoms with Crippen molar-refractivity contribution in [1.82, 2.24) is 14.3 Å². The van der Waals surface area contributed by atoms with Crippen molar-refractivity contribution in [3.63, 3.8) is 0 Å². The lowest BCUT2D eigenvalue weighted by Crippen LogP contribution is -2.43. The SMILES string of the molecule is O=CO.O=S(=O)(c1cccc(C(F)(F)F)c1)n1cc(N2CCNCC2)c2ncccc21. The van der Waals surface area contributed by atoms with Crippen LogP contribution < -0.4 is 10.2 Å². The highest BCUT2D eigenvalue weighted by Gasteiger charge is 2.32. The van der Waals surface area contributed by atoms with E-state index in [9.17, 15) is 21.6 Å². The Balaban J connectivity index is 0.000000858. The maximum Gasteiger partial charge on any atom is 0.416 e. The monoisotopic (exact) mass is 456 g/mol. The first kappa shape index (κ1) is 22.6. The summed E-state index contributed by atoms with van der Waals surface area (Å²) in [5, 5.41) is 10.1. The molecule has 12 heteroatoms. The number of nitrogens with zero attached hydrogens (tertiary/aromatic N) is 3. The standard InChI is InChI=1S/C18H17F3N4O2S.CH2O2/c19-18(20,21)13-3-1-4-14(11-13)28(26,27)25-12-16(24-9-7-22-8-10-24)17-15(25)5-2-6-23-17;2-1-3/h1-6,11-12,22H,7-10H2;1H,(H,2,3). The van der Waals surface area contributed by atoms with Gasteiger partial charge in [-0.1, -0.05) is 6.07 Å². The van der Waals surface area contributed by atoms with Crippen LogP contribution in [0.15, 0.2) is 53.7 Å². The molecule has 1 saturated heterocycles. The van der Waals surface area contributed by atoms with Gasteiger partial charge in [0.15, 0.2) is 0 Å². The molecular weight excluding hydrogens is 437 g/mol. The summed E-state index contributed by atoms with van der Waals surface area (Å²) in [6, 6.07) is 6.96. The number of carbonyl (C=O) groups is 1. The third kappa shape index (κ3) is 4.64. The zero-order chi connectivity index (χ0) is 22.6. The van der Waals surface area contributed by atoms with Crippen molar-refractivity contribution in [2.75, 3.05) is 31.1 Å². The van der Waals surface area contributed by atoms with Crippen molar-refractivity contribution in [1.29, 1.82) is 0 Å². The van der Waals surface area contributed by atoms with Crippen LogP contribution in [0.25, 0.3) is 11.0 Å². The molecule has 166 valence electrons. The normalized spacial score (nSPS) is 14.7. The van der Waals surface area contributed by atoms with E-state index >= 15 is 0 Å². The van der Waals surface area contributed by atoms with Gasteiger partial charge in [-0.05, 0) is 30.3 Å². The Hall–Kier alpha value is -3.12. The van der Waals surface area contributed by atoms with Gasteiger partial charge in [-0.15, -0.1) is 0 Å². The van der Waals surface area contributed by atoms with E-state index in [-0.39, 0.29) is 6.47 Å². The molecule has 0 amide bonds. The number of carboxylic acid groups (broad SMARTS) is 1. The van der Waals surface area contributed by atoms with Gasteiger partial charge < -0.3 is 15.3 Å². The van der Waals surface area contributed by atoms with Gasteiger partial charge in [0.25, 0.3) is 16.5 Å². The first-order valence-corrected chi connectivity index (χ1v) is 10.6. The zero-order valence-electron chi connectivity index (χ0n) is 16.1. The number of anilines is 1. The second-order valence-electron chi connectivity index (χ2n) is 6.55. The molecule has 0 radical (unpaired) electrons. The lowest BCUT2D eigenvalue weighted by Gasteiger charge is -2.28. The molecule has 0 atom stereocenters. The van der Waals surface area contributed by atoms with Crippen LogP contribution in [0.3, 0.4) is 0 Å². The van der Waals surface area contributed by atoms with Crippen LogP contribution in [0.4, 0.5) is 18.9 Å².